The van der Waals surface area contributed by atoms with E-state index >= 15 is 0 Å². The van der Waals surface area contributed by atoms with Gasteiger partial charge in [-0.25, -0.2) is 0 Å². The van der Waals surface area contributed by atoms with Crippen molar-refractivity contribution in [3.8, 4) is 0 Å². The van der Waals surface area contributed by atoms with Gasteiger partial charge in [0.25, 0.3) is 0 Å². The number of hydrogen-bond donors (Lipinski definition) is 2. The average molecular weight is 354 g/mol. The summed E-state index contributed by atoms with van der Waals surface area (Å²) in [5.41, 5.74) is 0. The monoisotopic (exact) mass is 353 g/mol. The maximum absolute atomic E-state index is 5.50. The van der Waals surface area contributed by atoms with Crippen LogP contribution >= 0.6 is 0 Å². The van der Waals surface area contributed by atoms with E-state index in [1.165, 1.54) is 32.5 Å². The van der Waals surface area contributed by atoms with Gasteiger partial charge in [-0.3, -0.25) is 9.89 Å². The van der Waals surface area contributed by atoms with Crippen LogP contribution in [0.1, 0.15) is 33.6 Å². The molecule has 2 N–H and O–H groups in total. The molecule has 146 valence electrons. The van der Waals surface area contributed by atoms with Crippen molar-refractivity contribution in [3.63, 3.8) is 0 Å². The fraction of sp³-hybridized carbons (Fsp3) is 0.947. The molecular weight excluding hydrogens is 314 g/mol. The Hall–Kier alpha value is -0.850. The second-order valence-corrected chi connectivity index (χ2v) is 7.75. The number of ether oxygens (including phenoxy) is 1. The van der Waals surface area contributed by atoms with E-state index in [4.69, 9.17) is 4.74 Å². The Labute approximate surface area is 154 Å². The minimum atomic E-state index is 0.522. The summed E-state index contributed by atoms with van der Waals surface area (Å²) in [7, 11) is 1.87. The number of rotatable bonds is 8. The molecular formula is C19H39N5O. The number of aliphatic imine (C=N–C) groups is 1. The number of nitrogens with one attached hydrogen (secondary N) is 2. The Morgan fingerprint density at radius 2 is 1.96 bits per heavy atom. The minimum Gasteiger partial charge on any atom is -0.379 e. The summed E-state index contributed by atoms with van der Waals surface area (Å²) in [6, 6.07) is 0.522. The number of morpholine rings is 1. The molecule has 0 aromatic rings. The number of guanidine groups is 1. The summed E-state index contributed by atoms with van der Waals surface area (Å²) in [5.74, 6) is 2.29. The number of hydrogen-bond acceptors (Lipinski definition) is 4. The first kappa shape index (κ1) is 20.5. The van der Waals surface area contributed by atoms with Crippen LogP contribution in [0.4, 0.5) is 0 Å². The molecule has 2 atom stereocenters. The van der Waals surface area contributed by atoms with Gasteiger partial charge >= 0.3 is 0 Å². The molecule has 6 nitrogen and oxygen atoms in total. The molecule has 2 aliphatic heterocycles. The van der Waals surface area contributed by atoms with Crippen molar-refractivity contribution in [1.82, 2.24) is 20.4 Å². The maximum atomic E-state index is 5.50. The predicted molar refractivity (Wildman–Crippen MR) is 105 cm³/mol. The van der Waals surface area contributed by atoms with Gasteiger partial charge in [-0.05, 0) is 37.8 Å². The first-order chi connectivity index (χ1) is 12.1. The van der Waals surface area contributed by atoms with Crippen LogP contribution in [0.15, 0.2) is 4.99 Å². The van der Waals surface area contributed by atoms with Crippen molar-refractivity contribution in [3.05, 3.63) is 0 Å². The van der Waals surface area contributed by atoms with E-state index in [1.807, 2.05) is 7.05 Å². The van der Waals surface area contributed by atoms with E-state index in [2.05, 4.69) is 46.2 Å². The van der Waals surface area contributed by atoms with Crippen molar-refractivity contribution in [1.29, 1.82) is 0 Å². The highest BCUT2D eigenvalue weighted by atomic mass is 16.5. The molecule has 2 unspecified atom stereocenters. The fourth-order valence-electron chi connectivity index (χ4n) is 3.96. The molecule has 2 aliphatic rings. The zero-order chi connectivity index (χ0) is 18.1. The van der Waals surface area contributed by atoms with Gasteiger partial charge in [0.15, 0.2) is 5.96 Å². The van der Waals surface area contributed by atoms with Gasteiger partial charge in [0, 0.05) is 45.8 Å². The molecule has 0 spiro atoms. The summed E-state index contributed by atoms with van der Waals surface area (Å²) in [6.45, 7) is 16.3. The lowest BCUT2D eigenvalue weighted by molar-refractivity contribution is 0.00752. The van der Waals surface area contributed by atoms with Crippen LogP contribution in [0, 0.1) is 11.8 Å². The fourth-order valence-corrected chi connectivity index (χ4v) is 3.96. The smallest absolute Gasteiger partial charge is 0.191 e. The molecule has 2 heterocycles. The lowest BCUT2D eigenvalue weighted by Gasteiger charge is -2.37. The van der Waals surface area contributed by atoms with Crippen LogP contribution in [-0.4, -0.2) is 87.9 Å². The standard InChI is InChI=1S/C19H39N5O/c1-5-7-23-8-6-17(15-23)13-21-19(20-4)22-14-18(16(2)3)24-9-11-25-12-10-24/h16-18H,5-15H2,1-4H3,(H2,20,21,22). The van der Waals surface area contributed by atoms with Crippen LogP contribution in [0.2, 0.25) is 0 Å². The molecule has 0 radical (unpaired) electrons. The van der Waals surface area contributed by atoms with Crippen molar-refractivity contribution in [2.75, 3.05) is 66.1 Å². The largest absolute Gasteiger partial charge is 0.379 e. The van der Waals surface area contributed by atoms with Gasteiger partial charge < -0.3 is 20.3 Å². The third-order valence-electron chi connectivity index (χ3n) is 5.45. The first-order valence-corrected chi connectivity index (χ1v) is 10.1. The highest BCUT2D eigenvalue weighted by Crippen LogP contribution is 2.15. The van der Waals surface area contributed by atoms with Crippen molar-refractivity contribution >= 4 is 5.96 Å². The van der Waals surface area contributed by atoms with E-state index in [9.17, 15) is 0 Å². The molecule has 0 amide bonds. The molecule has 0 aromatic heterocycles. The predicted octanol–water partition coefficient (Wildman–Crippen LogP) is 1.24. The SMILES string of the molecule is CCCN1CCC(CNC(=NC)NCC(C(C)C)N2CCOCC2)C1. The van der Waals surface area contributed by atoms with Crippen LogP contribution in [0.5, 0.6) is 0 Å². The van der Waals surface area contributed by atoms with Gasteiger partial charge in [0.2, 0.25) is 0 Å². The molecule has 0 aromatic carbocycles. The third-order valence-corrected chi connectivity index (χ3v) is 5.45. The summed E-state index contributed by atoms with van der Waals surface area (Å²) in [6.07, 6.45) is 2.55. The number of likely N-dealkylation sites (tertiary alicyclic amines) is 1. The van der Waals surface area contributed by atoms with Gasteiger partial charge in [-0.15, -0.1) is 0 Å². The van der Waals surface area contributed by atoms with E-state index in [0.717, 1.165) is 51.3 Å². The molecule has 25 heavy (non-hydrogen) atoms. The number of nitrogens with zero attached hydrogens (tertiary/aromatic N) is 3. The summed E-state index contributed by atoms with van der Waals surface area (Å²) < 4.78 is 5.50. The quantitative estimate of drug-likeness (QED) is 0.508. The first-order valence-electron chi connectivity index (χ1n) is 10.1. The van der Waals surface area contributed by atoms with Gasteiger partial charge in [0.05, 0.1) is 13.2 Å². The lowest BCUT2D eigenvalue weighted by atomic mass is 10.0. The second-order valence-electron chi connectivity index (χ2n) is 7.75. The third kappa shape index (κ3) is 6.76. The maximum Gasteiger partial charge on any atom is 0.191 e. The Balaban J connectivity index is 1.73. The van der Waals surface area contributed by atoms with Crippen LogP contribution in [0.3, 0.4) is 0 Å². The van der Waals surface area contributed by atoms with Crippen LogP contribution in [0.25, 0.3) is 0 Å². The highest BCUT2D eigenvalue weighted by molar-refractivity contribution is 5.79. The van der Waals surface area contributed by atoms with Crippen LogP contribution < -0.4 is 10.6 Å². The molecule has 0 bridgehead atoms. The Morgan fingerprint density at radius 3 is 2.60 bits per heavy atom. The topological polar surface area (TPSA) is 52.1 Å². The molecule has 6 heteroatoms. The Morgan fingerprint density at radius 1 is 1.20 bits per heavy atom. The van der Waals surface area contributed by atoms with Gasteiger partial charge in [-0.1, -0.05) is 20.8 Å². The molecule has 2 rings (SSSR count). The van der Waals surface area contributed by atoms with E-state index < -0.39 is 0 Å². The highest BCUT2D eigenvalue weighted by Gasteiger charge is 2.24. The second kappa shape index (κ2) is 11.0. The van der Waals surface area contributed by atoms with Crippen molar-refractivity contribution < 1.29 is 4.74 Å². The van der Waals surface area contributed by atoms with E-state index in [1.54, 1.807) is 0 Å². The van der Waals surface area contributed by atoms with Crippen molar-refractivity contribution in [2.24, 2.45) is 16.8 Å². The van der Waals surface area contributed by atoms with Gasteiger partial charge in [-0.2, -0.15) is 0 Å². The van der Waals surface area contributed by atoms with Crippen LogP contribution in [-0.2, 0) is 4.74 Å². The normalized spacial score (nSPS) is 24.7. The zero-order valence-electron chi connectivity index (χ0n) is 16.8. The molecule has 0 saturated carbocycles. The molecule has 2 saturated heterocycles. The van der Waals surface area contributed by atoms with E-state index in [0.29, 0.717) is 12.0 Å². The van der Waals surface area contributed by atoms with Crippen molar-refractivity contribution in [2.45, 2.75) is 39.7 Å². The average Bonchev–Trinajstić information content (AvgIpc) is 3.06. The zero-order valence-corrected chi connectivity index (χ0v) is 16.8. The molecule has 0 aliphatic carbocycles. The summed E-state index contributed by atoms with van der Waals surface area (Å²) in [5, 5.41) is 7.09. The Bertz CT molecular complexity index is 395. The van der Waals surface area contributed by atoms with Gasteiger partial charge in [0.1, 0.15) is 0 Å². The van der Waals surface area contributed by atoms with E-state index in [-0.39, 0.29) is 0 Å². The lowest BCUT2D eigenvalue weighted by Crippen LogP contribution is -2.52. The summed E-state index contributed by atoms with van der Waals surface area (Å²) in [4.78, 5) is 9.55. The molecule has 2 fully saturated rings. The summed E-state index contributed by atoms with van der Waals surface area (Å²) >= 11 is 0. The minimum absolute atomic E-state index is 0.522. The Kier molecular flexibility index (Phi) is 8.99.